The first kappa shape index (κ1) is 12.2. The Morgan fingerprint density at radius 3 is 3.06 bits per heavy atom. The quantitative estimate of drug-likeness (QED) is 0.788. The molecule has 0 aliphatic heterocycles. The summed E-state index contributed by atoms with van der Waals surface area (Å²) in [4.78, 5) is 0. The van der Waals surface area contributed by atoms with Crippen LogP contribution in [0.4, 0.5) is 0 Å². The number of hydrogen-bond acceptors (Lipinski definition) is 1. The molecule has 2 N–H and O–H groups in total. The molecule has 1 aliphatic carbocycles. The predicted molar refractivity (Wildman–Crippen MR) is 72.8 cm³/mol. The first-order valence-corrected chi connectivity index (χ1v) is 6.56. The standard InChI is InChI=1S/C16H21N/c1-2-3-4-12-16(17)15-11-7-9-13-8-5-6-10-14(13)15/h5-6,8,10,15-16H,4,7,9,11-12,17H2,1H3. The molecule has 1 nitrogen and oxygen atoms in total. The number of aryl methyl sites for hydroxylation is 1. The maximum atomic E-state index is 6.34. The molecule has 2 rings (SSSR count). The Bertz CT molecular complexity index is 425. The van der Waals surface area contributed by atoms with Crippen molar-refractivity contribution in [3.05, 3.63) is 35.4 Å². The fraction of sp³-hybridized carbons (Fsp3) is 0.500. The van der Waals surface area contributed by atoms with Gasteiger partial charge in [0.15, 0.2) is 0 Å². The summed E-state index contributed by atoms with van der Waals surface area (Å²) in [5.74, 6) is 6.59. The van der Waals surface area contributed by atoms with Gasteiger partial charge in [0.1, 0.15) is 0 Å². The average molecular weight is 227 g/mol. The van der Waals surface area contributed by atoms with Crippen LogP contribution in [0.2, 0.25) is 0 Å². The molecule has 0 fully saturated rings. The van der Waals surface area contributed by atoms with Crippen molar-refractivity contribution in [3.8, 4) is 11.8 Å². The minimum absolute atomic E-state index is 0.261. The molecule has 1 aromatic rings. The van der Waals surface area contributed by atoms with Crippen molar-refractivity contribution in [1.29, 1.82) is 0 Å². The highest BCUT2D eigenvalue weighted by Gasteiger charge is 2.24. The van der Waals surface area contributed by atoms with Gasteiger partial charge in [-0.1, -0.05) is 24.3 Å². The van der Waals surface area contributed by atoms with Gasteiger partial charge in [0.2, 0.25) is 0 Å². The third-order valence-corrected chi connectivity index (χ3v) is 3.71. The van der Waals surface area contributed by atoms with Crippen molar-refractivity contribution in [1.82, 2.24) is 0 Å². The van der Waals surface area contributed by atoms with Crippen molar-refractivity contribution < 1.29 is 0 Å². The summed E-state index contributed by atoms with van der Waals surface area (Å²) < 4.78 is 0. The van der Waals surface area contributed by atoms with Crippen molar-refractivity contribution in [2.75, 3.05) is 0 Å². The van der Waals surface area contributed by atoms with Crippen LogP contribution in [0.5, 0.6) is 0 Å². The third-order valence-electron chi connectivity index (χ3n) is 3.71. The summed E-state index contributed by atoms with van der Waals surface area (Å²) in [7, 11) is 0. The minimum Gasteiger partial charge on any atom is -0.327 e. The second kappa shape index (κ2) is 5.89. The largest absolute Gasteiger partial charge is 0.327 e. The minimum atomic E-state index is 0.261. The maximum Gasteiger partial charge on any atom is 0.0117 e. The lowest BCUT2D eigenvalue weighted by atomic mass is 9.78. The summed E-state index contributed by atoms with van der Waals surface area (Å²) in [6.45, 7) is 1.89. The molecular weight excluding hydrogens is 206 g/mol. The normalized spacial score (nSPS) is 20.0. The van der Waals surface area contributed by atoms with Gasteiger partial charge in [-0.05, 0) is 49.7 Å². The molecule has 2 atom stereocenters. The fourth-order valence-electron chi connectivity index (χ4n) is 2.80. The lowest BCUT2D eigenvalue weighted by molar-refractivity contribution is 0.445. The Balaban J connectivity index is 2.08. The lowest BCUT2D eigenvalue weighted by Crippen LogP contribution is -2.30. The Morgan fingerprint density at radius 1 is 1.41 bits per heavy atom. The highest BCUT2D eigenvalue weighted by Crippen LogP contribution is 2.34. The zero-order valence-corrected chi connectivity index (χ0v) is 10.6. The van der Waals surface area contributed by atoms with Crippen LogP contribution in [-0.4, -0.2) is 6.04 Å². The first-order valence-electron chi connectivity index (χ1n) is 6.56. The summed E-state index contributed by atoms with van der Waals surface area (Å²) in [5, 5.41) is 0. The molecule has 0 heterocycles. The van der Waals surface area contributed by atoms with Crippen LogP contribution in [0.1, 0.15) is 49.7 Å². The monoisotopic (exact) mass is 227 g/mol. The van der Waals surface area contributed by atoms with Crippen LogP contribution >= 0.6 is 0 Å². The van der Waals surface area contributed by atoms with Crippen LogP contribution in [0.3, 0.4) is 0 Å². The molecule has 2 unspecified atom stereocenters. The van der Waals surface area contributed by atoms with E-state index < -0.39 is 0 Å². The highest BCUT2D eigenvalue weighted by molar-refractivity contribution is 5.33. The molecule has 0 bridgehead atoms. The summed E-state index contributed by atoms with van der Waals surface area (Å²) in [6, 6.07) is 9.03. The second-order valence-corrected chi connectivity index (χ2v) is 4.83. The number of fused-ring (bicyclic) bond motifs is 1. The predicted octanol–water partition coefficient (Wildman–Crippen LogP) is 3.24. The topological polar surface area (TPSA) is 26.0 Å². The number of rotatable bonds is 3. The van der Waals surface area contributed by atoms with Gasteiger partial charge in [-0.15, -0.1) is 11.8 Å². The number of hydrogen-bond donors (Lipinski definition) is 1. The summed E-state index contributed by atoms with van der Waals surface area (Å²) >= 11 is 0. The number of benzene rings is 1. The Morgan fingerprint density at radius 2 is 2.24 bits per heavy atom. The highest BCUT2D eigenvalue weighted by atomic mass is 14.6. The Hall–Kier alpha value is -1.26. The molecule has 90 valence electrons. The van der Waals surface area contributed by atoms with Gasteiger partial charge in [-0.25, -0.2) is 0 Å². The van der Waals surface area contributed by atoms with Gasteiger partial charge >= 0.3 is 0 Å². The molecule has 1 aliphatic rings. The van der Waals surface area contributed by atoms with E-state index in [-0.39, 0.29) is 6.04 Å². The van der Waals surface area contributed by atoms with E-state index in [1.807, 2.05) is 6.92 Å². The van der Waals surface area contributed by atoms with Crippen LogP contribution in [0, 0.1) is 11.8 Å². The SMILES string of the molecule is CC#CCCC(N)C1CCCc2ccccc21. The van der Waals surface area contributed by atoms with Crippen LogP contribution < -0.4 is 5.73 Å². The molecule has 0 radical (unpaired) electrons. The molecule has 0 spiro atoms. The van der Waals surface area contributed by atoms with E-state index in [2.05, 4.69) is 36.1 Å². The fourth-order valence-corrected chi connectivity index (χ4v) is 2.80. The Labute approximate surface area is 104 Å². The van der Waals surface area contributed by atoms with Gasteiger partial charge in [0.05, 0.1) is 0 Å². The van der Waals surface area contributed by atoms with E-state index in [0.29, 0.717) is 5.92 Å². The van der Waals surface area contributed by atoms with Crippen molar-refractivity contribution in [2.24, 2.45) is 5.73 Å². The smallest absolute Gasteiger partial charge is 0.0117 e. The van der Waals surface area contributed by atoms with E-state index in [9.17, 15) is 0 Å². The molecule has 0 saturated heterocycles. The molecular formula is C16H21N. The van der Waals surface area contributed by atoms with Crippen LogP contribution in [0.25, 0.3) is 0 Å². The summed E-state index contributed by atoms with van der Waals surface area (Å²) in [6.07, 6.45) is 5.66. The van der Waals surface area contributed by atoms with E-state index >= 15 is 0 Å². The van der Waals surface area contributed by atoms with Gasteiger partial charge < -0.3 is 5.73 Å². The molecule has 0 saturated carbocycles. The molecule has 0 amide bonds. The molecule has 0 aromatic heterocycles. The van der Waals surface area contributed by atoms with Gasteiger partial charge in [-0.3, -0.25) is 0 Å². The number of nitrogens with two attached hydrogens (primary N) is 1. The van der Waals surface area contributed by atoms with E-state index in [1.54, 1.807) is 0 Å². The van der Waals surface area contributed by atoms with Crippen molar-refractivity contribution in [3.63, 3.8) is 0 Å². The zero-order valence-electron chi connectivity index (χ0n) is 10.6. The zero-order chi connectivity index (χ0) is 12.1. The van der Waals surface area contributed by atoms with Gasteiger partial charge in [-0.2, -0.15) is 0 Å². The molecule has 1 heteroatoms. The maximum absolute atomic E-state index is 6.34. The molecule has 1 aromatic carbocycles. The second-order valence-electron chi connectivity index (χ2n) is 4.83. The molecule has 17 heavy (non-hydrogen) atoms. The van der Waals surface area contributed by atoms with Crippen LogP contribution in [0.15, 0.2) is 24.3 Å². The van der Waals surface area contributed by atoms with Crippen LogP contribution in [-0.2, 0) is 6.42 Å². The summed E-state index contributed by atoms with van der Waals surface area (Å²) in [5.41, 5.74) is 9.32. The van der Waals surface area contributed by atoms with Gasteiger partial charge in [0, 0.05) is 12.5 Å². The van der Waals surface area contributed by atoms with E-state index in [1.165, 1.54) is 30.4 Å². The first-order chi connectivity index (χ1) is 8.33. The van der Waals surface area contributed by atoms with E-state index in [4.69, 9.17) is 5.73 Å². The van der Waals surface area contributed by atoms with E-state index in [0.717, 1.165) is 12.8 Å². The van der Waals surface area contributed by atoms with Crippen molar-refractivity contribution >= 4 is 0 Å². The lowest BCUT2D eigenvalue weighted by Gasteiger charge is -2.30. The average Bonchev–Trinajstić information content (AvgIpc) is 2.38. The third kappa shape index (κ3) is 2.90. The van der Waals surface area contributed by atoms with Crippen molar-refractivity contribution in [2.45, 2.75) is 51.0 Å². The Kier molecular flexibility index (Phi) is 4.23. The van der Waals surface area contributed by atoms with Gasteiger partial charge in [0.25, 0.3) is 0 Å².